The summed E-state index contributed by atoms with van der Waals surface area (Å²) in [4.78, 5) is 22.1. The number of hydrogen-bond donors (Lipinski definition) is 0. The van der Waals surface area contributed by atoms with Crippen molar-refractivity contribution < 1.29 is 13.6 Å². The maximum absolute atomic E-state index is 14.3. The number of fused-ring (bicyclic) bond motifs is 1. The zero-order valence-corrected chi connectivity index (χ0v) is 21.5. The predicted molar refractivity (Wildman–Crippen MR) is 137 cm³/mol. The van der Waals surface area contributed by atoms with Crippen molar-refractivity contribution in [2.45, 2.75) is 73.0 Å². The molecule has 0 unspecified atom stereocenters. The van der Waals surface area contributed by atoms with Crippen LogP contribution in [-0.4, -0.2) is 44.9 Å². The van der Waals surface area contributed by atoms with Crippen molar-refractivity contribution in [2.75, 3.05) is 19.6 Å². The van der Waals surface area contributed by atoms with Gasteiger partial charge < -0.3 is 9.47 Å². The maximum Gasteiger partial charge on any atom is 0.257 e. The number of imidazole rings is 1. The van der Waals surface area contributed by atoms with Gasteiger partial charge in [0.1, 0.15) is 17.5 Å². The number of carbonyl (C=O) groups excluding carboxylic acids is 1. The van der Waals surface area contributed by atoms with E-state index in [0.717, 1.165) is 80.5 Å². The van der Waals surface area contributed by atoms with Crippen LogP contribution in [0.2, 0.25) is 0 Å². The lowest BCUT2D eigenvalue weighted by Gasteiger charge is -2.23. The third-order valence-corrected chi connectivity index (χ3v) is 6.10. The first-order chi connectivity index (χ1) is 16.9. The van der Waals surface area contributed by atoms with Gasteiger partial charge >= 0.3 is 0 Å². The number of nitrogens with zero attached hydrogens (tertiary/aromatic N) is 4. The first-order valence-corrected chi connectivity index (χ1v) is 12.9. The fraction of sp³-hybridized carbons (Fsp3) is 0.500. The highest BCUT2D eigenvalue weighted by atomic mass is 19.1. The Hall–Kier alpha value is -2.80. The van der Waals surface area contributed by atoms with E-state index < -0.39 is 17.5 Å². The van der Waals surface area contributed by atoms with Gasteiger partial charge in [0, 0.05) is 19.6 Å². The van der Waals surface area contributed by atoms with Gasteiger partial charge in [-0.15, -0.1) is 0 Å². The summed E-state index contributed by atoms with van der Waals surface area (Å²) >= 11 is 0. The van der Waals surface area contributed by atoms with Gasteiger partial charge in [0.2, 0.25) is 0 Å². The molecular weight excluding hydrogens is 446 g/mol. The summed E-state index contributed by atoms with van der Waals surface area (Å²) in [6.45, 7) is 12.9. The van der Waals surface area contributed by atoms with E-state index >= 15 is 0 Å². The van der Waals surface area contributed by atoms with E-state index in [9.17, 15) is 13.6 Å². The van der Waals surface area contributed by atoms with Crippen LogP contribution in [0.5, 0.6) is 0 Å². The molecule has 0 aliphatic heterocycles. The second kappa shape index (κ2) is 12.8. The molecule has 190 valence electrons. The summed E-state index contributed by atoms with van der Waals surface area (Å²) < 4.78 is 30.2. The molecule has 0 saturated carbocycles. The van der Waals surface area contributed by atoms with Gasteiger partial charge in [-0.25, -0.2) is 13.8 Å². The highest BCUT2D eigenvalue weighted by Gasteiger charge is 2.22. The smallest absolute Gasteiger partial charge is 0.257 e. The standard InChI is InChI=1S/C28H38F2N4O/c1-5-13-32(14-6-2)19-21-9-12-26-25(17-21)31-27(34(26)16-8-4)20-33(15-7-3)28(35)23-18-22(29)10-11-24(23)30/h9-12,17-18H,5-8,13-16,19-20H2,1-4H3. The molecule has 0 radical (unpaired) electrons. The summed E-state index contributed by atoms with van der Waals surface area (Å²) in [5.41, 5.74) is 2.91. The molecule has 0 saturated heterocycles. The number of carbonyl (C=O) groups is 1. The van der Waals surface area contributed by atoms with Crippen LogP contribution in [0.3, 0.4) is 0 Å². The number of halogens is 2. The summed E-state index contributed by atoms with van der Waals surface area (Å²) in [6, 6.07) is 9.42. The molecule has 0 N–H and O–H groups in total. The van der Waals surface area contributed by atoms with Crippen molar-refractivity contribution in [1.82, 2.24) is 19.4 Å². The fourth-order valence-corrected chi connectivity index (χ4v) is 4.60. The first kappa shape index (κ1) is 26.8. The van der Waals surface area contributed by atoms with E-state index in [2.05, 4.69) is 48.4 Å². The van der Waals surface area contributed by atoms with Crippen molar-refractivity contribution in [3.63, 3.8) is 0 Å². The fourth-order valence-electron chi connectivity index (χ4n) is 4.60. The van der Waals surface area contributed by atoms with E-state index in [1.807, 2.05) is 6.92 Å². The van der Waals surface area contributed by atoms with Crippen LogP contribution in [0, 0.1) is 11.6 Å². The van der Waals surface area contributed by atoms with Crippen LogP contribution in [-0.2, 0) is 19.6 Å². The molecule has 3 rings (SSSR count). The Kier molecular flexibility index (Phi) is 9.78. The second-order valence-electron chi connectivity index (χ2n) is 9.13. The van der Waals surface area contributed by atoms with Gasteiger partial charge in [0.25, 0.3) is 5.91 Å². The first-order valence-electron chi connectivity index (χ1n) is 12.9. The summed E-state index contributed by atoms with van der Waals surface area (Å²) in [5.74, 6) is -1.10. The Bertz CT molecular complexity index is 1120. The van der Waals surface area contributed by atoms with E-state index in [4.69, 9.17) is 4.98 Å². The topological polar surface area (TPSA) is 41.4 Å². The SMILES string of the molecule is CCCN(CCC)Cc1ccc2c(c1)nc(CN(CCC)C(=O)c1cc(F)ccc1F)n2CCC. The minimum Gasteiger partial charge on any atom is -0.331 e. The summed E-state index contributed by atoms with van der Waals surface area (Å²) in [7, 11) is 0. The van der Waals surface area contributed by atoms with E-state index in [-0.39, 0.29) is 12.1 Å². The molecule has 0 bridgehead atoms. The lowest BCUT2D eigenvalue weighted by molar-refractivity contribution is 0.0732. The number of rotatable bonds is 13. The minimum atomic E-state index is -0.715. The van der Waals surface area contributed by atoms with Crippen molar-refractivity contribution in [2.24, 2.45) is 0 Å². The van der Waals surface area contributed by atoms with Gasteiger partial charge in [-0.2, -0.15) is 0 Å². The number of benzene rings is 2. The van der Waals surface area contributed by atoms with E-state index in [1.165, 1.54) is 5.56 Å². The van der Waals surface area contributed by atoms with Gasteiger partial charge in [-0.1, -0.05) is 33.8 Å². The lowest BCUT2D eigenvalue weighted by Crippen LogP contribution is -2.33. The molecule has 1 amide bonds. The Morgan fingerprint density at radius 2 is 1.60 bits per heavy atom. The van der Waals surface area contributed by atoms with Gasteiger partial charge in [-0.05, 0) is 74.7 Å². The molecule has 0 aliphatic rings. The van der Waals surface area contributed by atoms with Crippen molar-refractivity contribution in [1.29, 1.82) is 0 Å². The molecule has 0 atom stereocenters. The number of aryl methyl sites for hydroxylation is 1. The van der Waals surface area contributed by atoms with Gasteiger partial charge in [0.15, 0.2) is 0 Å². The minimum absolute atomic E-state index is 0.241. The number of amides is 1. The molecule has 0 fully saturated rings. The third-order valence-electron chi connectivity index (χ3n) is 6.10. The molecular formula is C28H38F2N4O. The Morgan fingerprint density at radius 1 is 0.886 bits per heavy atom. The average molecular weight is 485 g/mol. The van der Waals surface area contributed by atoms with Crippen LogP contribution in [0.1, 0.15) is 75.1 Å². The van der Waals surface area contributed by atoms with Crippen LogP contribution in [0.25, 0.3) is 11.0 Å². The molecule has 1 aromatic heterocycles. The monoisotopic (exact) mass is 484 g/mol. The Labute approximate surface area is 207 Å². The Balaban J connectivity index is 1.93. The predicted octanol–water partition coefficient (Wildman–Crippen LogP) is 6.40. The van der Waals surface area contributed by atoms with Crippen LogP contribution >= 0.6 is 0 Å². The van der Waals surface area contributed by atoms with Crippen LogP contribution < -0.4 is 0 Å². The van der Waals surface area contributed by atoms with Gasteiger partial charge in [0.05, 0.1) is 23.1 Å². The highest BCUT2D eigenvalue weighted by Crippen LogP contribution is 2.22. The molecule has 0 spiro atoms. The summed E-state index contributed by atoms with van der Waals surface area (Å²) in [6.07, 6.45) is 3.85. The molecule has 0 aliphatic carbocycles. The van der Waals surface area contributed by atoms with Crippen molar-refractivity contribution >= 4 is 16.9 Å². The van der Waals surface area contributed by atoms with Crippen molar-refractivity contribution in [3.8, 4) is 0 Å². The number of hydrogen-bond acceptors (Lipinski definition) is 3. The zero-order valence-electron chi connectivity index (χ0n) is 21.5. The second-order valence-corrected chi connectivity index (χ2v) is 9.13. The average Bonchev–Trinajstić information content (AvgIpc) is 3.16. The third kappa shape index (κ3) is 6.66. The molecule has 5 nitrogen and oxygen atoms in total. The zero-order chi connectivity index (χ0) is 25.4. The molecule has 1 heterocycles. The molecule has 35 heavy (non-hydrogen) atoms. The van der Waals surface area contributed by atoms with E-state index in [0.29, 0.717) is 13.0 Å². The van der Waals surface area contributed by atoms with E-state index in [1.54, 1.807) is 4.90 Å². The van der Waals surface area contributed by atoms with Gasteiger partial charge in [-0.3, -0.25) is 9.69 Å². The maximum atomic E-state index is 14.3. The number of aromatic nitrogens is 2. The lowest BCUT2D eigenvalue weighted by atomic mass is 10.1. The van der Waals surface area contributed by atoms with Crippen LogP contribution in [0.15, 0.2) is 36.4 Å². The Morgan fingerprint density at radius 3 is 2.26 bits per heavy atom. The molecule has 3 aromatic rings. The van der Waals surface area contributed by atoms with Crippen LogP contribution in [0.4, 0.5) is 8.78 Å². The highest BCUT2D eigenvalue weighted by molar-refractivity contribution is 5.94. The quantitative estimate of drug-likeness (QED) is 0.282. The summed E-state index contributed by atoms with van der Waals surface area (Å²) in [5, 5.41) is 0. The van der Waals surface area contributed by atoms with Crippen molar-refractivity contribution in [3.05, 3.63) is 65.0 Å². The normalized spacial score (nSPS) is 11.5. The largest absolute Gasteiger partial charge is 0.331 e. The molecule has 7 heteroatoms. The molecule has 2 aromatic carbocycles.